The first-order chi connectivity index (χ1) is 6.70. The number of fused-ring (bicyclic) bond motifs is 1. The van der Waals surface area contributed by atoms with Crippen molar-refractivity contribution in [2.45, 2.75) is 6.42 Å². The molecule has 0 atom stereocenters. The summed E-state index contributed by atoms with van der Waals surface area (Å²) in [4.78, 5) is 14.2. The molecule has 0 aliphatic rings. The lowest BCUT2D eigenvalue weighted by atomic mass is 10.4. The molecule has 0 spiro atoms. The molecule has 70 valence electrons. The van der Waals surface area contributed by atoms with Crippen molar-refractivity contribution in [1.82, 2.24) is 19.9 Å². The lowest BCUT2D eigenvalue weighted by Gasteiger charge is -1.93. The molecule has 14 heavy (non-hydrogen) atoms. The summed E-state index contributed by atoms with van der Waals surface area (Å²) in [5.74, 6) is 3.17. The first-order valence-electron chi connectivity index (χ1n) is 3.85. The monoisotopic (exact) mass is 189 g/mol. The number of anilines is 1. The van der Waals surface area contributed by atoms with Gasteiger partial charge in [-0.25, -0.2) is 4.98 Å². The van der Waals surface area contributed by atoms with Crippen molar-refractivity contribution in [1.29, 1.82) is 0 Å². The molecule has 0 aliphatic carbocycles. The average Bonchev–Trinajstić information content (AvgIpc) is 2.48. The average molecular weight is 189 g/mol. The van der Waals surface area contributed by atoms with Gasteiger partial charge in [-0.2, -0.15) is 9.97 Å². The van der Waals surface area contributed by atoms with E-state index in [1.807, 2.05) is 0 Å². The summed E-state index contributed by atoms with van der Waals surface area (Å²) in [6, 6.07) is -0.395. The fourth-order valence-electron chi connectivity index (χ4n) is 1.14. The second-order valence-electron chi connectivity index (χ2n) is 2.67. The molecule has 0 aromatic carbocycles. The molecule has 0 bridgehead atoms. The SMILES string of the molecule is C#CCc1nc2nc(O)nc(N)c2[nH]1. The number of hydrogen-bond donors (Lipinski definition) is 3. The van der Waals surface area contributed by atoms with E-state index in [1.54, 1.807) is 0 Å². The van der Waals surface area contributed by atoms with Crippen molar-refractivity contribution in [3.05, 3.63) is 5.82 Å². The minimum absolute atomic E-state index is 0.156. The van der Waals surface area contributed by atoms with Crippen molar-refractivity contribution in [3.8, 4) is 18.4 Å². The Morgan fingerprint density at radius 3 is 2.93 bits per heavy atom. The molecule has 2 heterocycles. The number of terminal acetylenes is 1. The largest absolute Gasteiger partial charge is 0.479 e. The molecule has 0 saturated heterocycles. The second-order valence-corrected chi connectivity index (χ2v) is 2.67. The Labute approximate surface area is 79.2 Å². The predicted octanol–water partition coefficient (Wildman–Crippen LogP) is -0.184. The first-order valence-corrected chi connectivity index (χ1v) is 3.85. The molecule has 2 rings (SSSR count). The van der Waals surface area contributed by atoms with E-state index < -0.39 is 6.01 Å². The number of aromatic amines is 1. The third-order valence-corrected chi connectivity index (χ3v) is 1.69. The number of nitrogen functional groups attached to an aromatic ring is 1. The molecular weight excluding hydrogens is 182 g/mol. The van der Waals surface area contributed by atoms with E-state index in [4.69, 9.17) is 17.3 Å². The maximum absolute atomic E-state index is 9.05. The van der Waals surface area contributed by atoms with Crippen LogP contribution in [0.2, 0.25) is 0 Å². The molecule has 4 N–H and O–H groups in total. The van der Waals surface area contributed by atoms with E-state index in [1.165, 1.54) is 0 Å². The normalized spacial score (nSPS) is 10.2. The summed E-state index contributed by atoms with van der Waals surface area (Å²) in [7, 11) is 0. The number of aromatic nitrogens is 4. The van der Waals surface area contributed by atoms with Crippen LogP contribution in [0.4, 0.5) is 5.82 Å². The van der Waals surface area contributed by atoms with Crippen LogP contribution in [-0.2, 0) is 6.42 Å². The van der Waals surface area contributed by atoms with E-state index >= 15 is 0 Å². The van der Waals surface area contributed by atoms with Crippen LogP contribution in [0.5, 0.6) is 6.01 Å². The molecule has 0 saturated carbocycles. The van der Waals surface area contributed by atoms with Crippen LogP contribution >= 0.6 is 0 Å². The van der Waals surface area contributed by atoms with Gasteiger partial charge < -0.3 is 15.8 Å². The third kappa shape index (κ3) is 1.21. The van der Waals surface area contributed by atoms with E-state index in [-0.39, 0.29) is 5.82 Å². The number of hydrogen-bond acceptors (Lipinski definition) is 5. The molecule has 6 heteroatoms. The summed E-state index contributed by atoms with van der Waals surface area (Å²) in [5, 5.41) is 9.05. The highest BCUT2D eigenvalue weighted by molar-refractivity contribution is 5.81. The smallest absolute Gasteiger partial charge is 0.318 e. The van der Waals surface area contributed by atoms with Crippen LogP contribution in [0.25, 0.3) is 11.2 Å². The van der Waals surface area contributed by atoms with Crippen LogP contribution in [0, 0.1) is 12.3 Å². The Morgan fingerprint density at radius 1 is 1.43 bits per heavy atom. The fraction of sp³-hybridized carbons (Fsp3) is 0.125. The van der Waals surface area contributed by atoms with Gasteiger partial charge in [-0.05, 0) is 0 Å². The third-order valence-electron chi connectivity index (χ3n) is 1.69. The lowest BCUT2D eigenvalue weighted by Crippen LogP contribution is -1.93. The zero-order valence-corrected chi connectivity index (χ0v) is 7.15. The van der Waals surface area contributed by atoms with Gasteiger partial charge in [0.2, 0.25) is 0 Å². The summed E-state index contributed by atoms with van der Waals surface area (Å²) in [5.41, 5.74) is 6.35. The van der Waals surface area contributed by atoms with Crippen molar-refractivity contribution >= 4 is 17.0 Å². The quantitative estimate of drug-likeness (QED) is 0.540. The molecule has 0 radical (unpaired) electrons. The van der Waals surface area contributed by atoms with Gasteiger partial charge in [-0.3, -0.25) is 0 Å². The highest BCUT2D eigenvalue weighted by atomic mass is 16.3. The Hall–Kier alpha value is -2.29. The van der Waals surface area contributed by atoms with Crippen molar-refractivity contribution in [3.63, 3.8) is 0 Å². The first kappa shape index (κ1) is 8.31. The molecule has 0 unspecified atom stereocenters. The summed E-state index contributed by atoms with van der Waals surface area (Å²) in [6.45, 7) is 0. The topological polar surface area (TPSA) is 101 Å². The van der Waals surface area contributed by atoms with Gasteiger partial charge in [0.25, 0.3) is 0 Å². The Kier molecular flexibility index (Phi) is 1.71. The van der Waals surface area contributed by atoms with Crippen LogP contribution in [-0.4, -0.2) is 25.0 Å². The molecule has 2 aromatic heterocycles. The molecule has 0 aliphatic heterocycles. The van der Waals surface area contributed by atoms with Gasteiger partial charge in [0.1, 0.15) is 11.3 Å². The molecule has 6 nitrogen and oxygen atoms in total. The van der Waals surface area contributed by atoms with E-state index in [0.29, 0.717) is 23.4 Å². The van der Waals surface area contributed by atoms with Gasteiger partial charge in [0.15, 0.2) is 11.5 Å². The van der Waals surface area contributed by atoms with Gasteiger partial charge in [0.05, 0.1) is 6.42 Å². The van der Waals surface area contributed by atoms with Crippen LogP contribution in [0.1, 0.15) is 5.82 Å². The standard InChI is InChI=1S/C8H7N5O/c1-2-3-4-10-5-6(9)12-8(14)13-7(5)11-4/h1H,3H2,(H4,9,10,11,12,13,14). The maximum atomic E-state index is 9.05. The van der Waals surface area contributed by atoms with Crippen molar-refractivity contribution in [2.24, 2.45) is 0 Å². The second kappa shape index (κ2) is 2.88. The fourth-order valence-corrected chi connectivity index (χ4v) is 1.14. The lowest BCUT2D eigenvalue weighted by molar-refractivity contribution is 0.433. The Balaban J connectivity index is 2.66. The number of rotatable bonds is 1. The van der Waals surface area contributed by atoms with E-state index in [2.05, 4.69) is 25.9 Å². The number of nitrogens with two attached hydrogens (primary N) is 1. The number of imidazole rings is 1. The van der Waals surface area contributed by atoms with Crippen LogP contribution in [0.15, 0.2) is 0 Å². The molecular formula is C8H7N5O. The van der Waals surface area contributed by atoms with Crippen LogP contribution < -0.4 is 5.73 Å². The zero-order valence-electron chi connectivity index (χ0n) is 7.15. The van der Waals surface area contributed by atoms with E-state index in [0.717, 1.165) is 0 Å². The maximum Gasteiger partial charge on any atom is 0.318 e. The number of aromatic hydroxyl groups is 1. The van der Waals surface area contributed by atoms with Gasteiger partial charge in [-0.1, -0.05) is 5.92 Å². The van der Waals surface area contributed by atoms with Crippen LogP contribution in [0.3, 0.4) is 0 Å². The zero-order chi connectivity index (χ0) is 10.1. The highest BCUT2D eigenvalue weighted by Gasteiger charge is 2.08. The highest BCUT2D eigenvalue weighted by Crippen LogP contribution is 2.17. The summed E-state index contributed by atoms with van der Waals surface area (Å²) in [6.07, 6.45) is 5.48. The minimum Gasteiger partial charge on any atom is -0.479 e. The Morgan fingerprint density at radius 2 is 2.21 bits per heavy atom. The van der Waals surface area contributed by atoms with Crippen molar-refractivity contribution < 1.29 is 5.11 Å². The predicted molar refractivity (Wildman–Crippen MR) is 50.3 cm³/mol. The van der Waals surface area contributed by atoms with Gasteiger partial charge >= 0.3 is 6.01 Å². The van der Waals surface area contributed by atoms with Gasteiger partial charge in [0, 0.05) is 0 Å². The minimum atomic E-state index is -0.395. The van der Waals surface area contributed by atoms with Gasteiger partial charge in [-0.15, -0.1) is 6.42 Å². The number of nitrogens with zero attached hydrogens (tertiary/aromatic N) is 3. The number of H-pyrrole nitrogens is 1. The molecule has 2 aromatic rings. The molecule has 0 fully saturated rings. The molecule has 0 amide bonds. The Bertz CT molecular complexity index is 524. The number of nitrogens with one attached hydrogen (secondary N) is 1. The summed E-state index contributed by atoms with van der Waals surface area (Å²) >= 11 is 0. The van der Waals surface area contributed by atoms with Crippen molar-refractivity contribution in [2.75, 3.05) is 5.73 Å². The van der Waals surface area contributed by atoms with E-state index in [9.17, 15) is 0 Å². The summed E-state index contributed by atoms with van der Waals surface area (Å²) < 4.78 is 0.